The Labute approximate surface area is 254 Å². The van der Waals surface area contributed by atoms with E-state index in [1.807, 2.05) is 157 Å². The van der Waals surface area contributed by atoms with E-state index in [4.69, 9.17) is 4.42 Å². The predicted octanol–water partition coefficient (Wildman–Crippen LogP) is 4.57. The number of phenolic OH excluding ortho intramolecular Hbond substituents is 1. The maximum Gasteiger partial charge on any atom is 0.198 e. The van der Waals surface area contributed by atoms with Crippen molar-refractivity contribution in [1.82, 2.24) is 0 Å². The normalized spacial score (nSPS) is 11.4. The van der Waals surface area contributed by atoms with Crippen molar-refractivity contribution in [1.29, 1.82) is 0 Å². The van der Waals surface area contributed by atoms with Crippen LogP contribution < -0.4 is 23.7 Å². The summed E-state index contributed by atoms with van der Waals surface area (Å²) in [6, 6.07) is 21.6. The third-order valence-corrected chi connectivity index (χ3v) is 8.17. The Hall–Kier alpha value is -5.69. The standard InChI is InChI=1S/C37H31N4O3/c1-38-13-5-24(6-14-38)30-22-28-21-29-23-31(25-7-15-39(2)16-8-25)35(43)33(27-11-19-41(4)20-12-27)37(29)44-36(28)32(34(30)42)26-9-17-40(3)18-10-26/h5-23H,1-4H3/q+3/p+1. The lowest BCUT2D eigenvalue weighted by molar-refractivity contribution is -0.671. The molecule has 214 valence electrons. The Kier molecular flexibility index (Phi) is 6.51. The molecule has 7 rings (SSSR count). The van der Waals surface area contributed by atoms with Crippen LogP contribution in [0.1, 0.15) is 0 Å². The Morgan fingerprint density at radius 1 is 0.523 bits per heavy atom. The molecule has 4 aromatic heterocycles. The number of benzene rings is 2. The molecule has 0 atom stereocenters. The van der Waals surface area contributed by atoms with Crippen LogP contribution in [0.2, 0.25) is 0 Å². The lowest BCUT2D eigenvalue weighted by Gasteiger charge is -2.18. The third kappa shape index (κ3) is 4.68. The molecule has 5 heterocycles. The van der Waals surface area contributed by atoms with E-state index < -0.39 is 0 Å². The first-order valence-electron chi connectivity index (χ1n) is 14.4. The molecule has 0 bridgehead atoms. The van der Waals surface area contributed by atoms with Gasteiger partial charge in [0.1, 0.15) is 45.3 Å². The summed E-state index contributed by atoms with van der Waals surface area (Å²) < 4.78 is 14.6. The predicted molar refractivity (Wildman–Crippen MR) is 167 cm³/mol. The van der Waals surface area contributed by atoms with Crippen LogP contribution in [0.4, 0.5) is 0 Å². The Bertz CT molecular complexity index is 2200. The second-order valence-electron chi connectivity index (χ2n) is 11.4. The van der Waals surface area contributed by atoms with Gasteiger partial charge in [0.25, 0.3) is 0 Å². The summed E-state index contributed by atoms with van der Waals surface area (Å²) in [6.07, 6.45) is 15.5. The smallest absolute Gasteiger partial charge is 0.198 e. The van der Waals surface area contributed by atoms with Crippen molar-refractivity contribution in [3.8, 4) is 61.6 Å². The number of aromatic nitrogens is 4. The maximum absolute atomic E-state index is 14.3. The minimum absolute atomic E-state index is 0.116. The summed E-state index contributed by atoms with van der Waals surface area (Å²) >= 11 is 0. The zero-order valence-corrected chi connectivity index (χ0v) is 25.0. The molecule has 0 radical (unpaired) electrons. The molecule has 0 unspecified atom stereocenters. The molecule has 0 amide bonds. The fourth-order valence-corrected chi connectivity index (χ4v) is 5.71. The van der Waals surface area contributed by atoms with Crippen molar-refractivity contribution in [2.24, 2.45) is 28.2 Å². The molecule has 7 nitrogen and oxygen atoms in total. The zero-order valence-electron chi connectivity index (χ0n) is 25.0. The number of rotatable bonds is 4. The fraction of sp³-hybridized carbons (Fsp3) is 0.108. The number of aryl methyl sites for hydroxylation is 4. The van der Waals surface area contributed by atoms with Gasteiger partial charge < -0.3 is 9.52 Å². The summed E-state index contributed by atoms with van der Waals surface area (Å²) in [4.78, 5) is 14.3. The first-order chi connectivity index (χ1) is 21.3. The minimum Gasteiger partial charge on any atom is -0.507 e. The highest BCUT2D eigenvalue weighted by molar-refractivity contribution is 6.03. The summed E-state index contributed by atoms with van der Waals surface area (Å²) in [7, 11) is 7.81. The van der Waals surface area contributed by atoms with Gasteiger partial charge in [-0.25, -0.2) is 18.3 Å². The zero-order chi connectivity index (χ0) is 30.5. The van der Waals surface area contributed by atoms with Crippen molar-refractivity contribution in [3.05, 3.63) is 127 Å². The number of pyridine rings is 4. The molecule has 5 aromatic rings. The minimum atomic E-state index is -0.116. The number of aromatic hydroxyl groups is 1. The van der Waals surface area contributed by atoms with E-state index in [1.54, 1.807) is 0 Å². The van der Waals surface area contributed by atoms with Crippen molar-refractivity contribution < 1.29 is 27.8 Å². The van der Waals surface area contributed by atoms with Gasteiger partial charge in [0.15, 0.2) is 55.0 Å². The van der Waals surface area contributed by atoms with E-state index in [0.717, 1.165) is 33.2 Å². The lowest BCUT2D eigenvalue weighted by Crippen LogP contribution is -2.26. The molecular weight excluding hydrogens is 548 g/mol. The maximum atomic E-state index is 14.3. The molecule has 1 N–H and O–H groups in total. The van der Waals surface area contributed by atoms with Crippen LogP contribution in [0.3, 0.4) is 0 Å². The topological polar surface area (TPSA) is 66.0 Å². The van der Waals surface area contributed by atoms with E-state index >= 15 is 0 Å². The Morgan fingerprint density at radius 3 is 1.45 bits per heavy atom. The number of hydrogen-bond acceptors (Lipinski definition) is 3. The molecule has 0 saturated heterocycles. The molecule has 2 aliphatic rings. The van der Waals surface area contributed by atoms with E-state index in [1.165, 1.54) is 0 Å². The quantitative estimate of drug-likeness (QED) is 0.245. The van der Waals surface area contributed by atoms with Crippen LogP contribution >= 0.6 is 0 Å². The molecule has 1 aliphatic carbocycles. The Balaban J connectivity index is 1.61. The van der Waals surface area contributed by atoms with Gasteiger partial charge in [-0.1, -0.05) is 0 Å². The lowest BCUT2D eigenvalue weighted by atomic mass is 9.90. The van der Waals surface area contributed by atoms with E-state index in [-0.39, 0.29) is 11.2 Å². The molecule has 0 saturated carbocycles. The average molecular weight is 581 g/mol. The number of hydrogen-bond donors (Lipinski definition) is 1. The fourth-order valence-electron chi connectivity index (χ4n) is 5.71. The third-order valence-electron chi connectivity index (χ3n) is 8.17. The second-order valence-corrected chi connectivity index (χ2v) is 11.4. The first kappa shape index (κ1) is 27.2. The molecule has 44 heavy (non-hydrogen) atoms. The first-order valence-corrected chi connectivity index (χ1v) is 14.4. The van der Waals surface area contributed by atoms with Crippen LogP contribution in [-0.4, -0.2) is 5.11 Å². The van der Waals surface area contributed by atoms with Crippen LogP contribution in [0.15, 0.2) is 126 Å². The molecule has 7 heteroatoms. The van der Waals surface area contributed by atoms with Gasteiger partial charge in [0.2, 0.25) is 0 Å². The molecule has 1 aromatic carbocycles. The van der Waals surface area contributed by atoms with Crippen molar-refractivity contribution in [2.45, 2.75) is 0 Å². The highest BCUT2D eigenvalue weighted by atomic mass is 16.3. The van der Waals surface area contributed by atoms with Gasteiger partial charge >= 0.3 is 0 Å². The van der Waals surface area contributed by atoms with Crippen LogP contribution in [0.25, 0.3) is 66.8 Å². The number of fused-ring (bicyclic) bond motifs is 2. The summed E-state index contributed by atoms with van der Waals surface area (Å²) in [5.74, 6) is 0.593. The van der Waals surface area contributed by atoms with E-state index in [2.05, 4.69) is 6.07 Å². The van der Waals surface area contributed by atoms with Crippen molar-refractivity contribution >= 4 is 11.0 Å². The van der Waals surface area contributed by atoms with E-state index in [0.29, 0.717) is 33.6 Å². The van der Waals surface area contributed by atoms with Crippen LogP contribution in [-0.2, 0) is 28.2 Å². The average Bonchev–Trinajstić information content (AvgIpc) is 3.02. The van der Waals surface area contributed by atoms with Gasteiger partial charge in [-0.05, 0) is 29.3 Å². The summed E-state index contributed by atoms with van der Waals surface area (Å²) in [5.41, 5.74) is 6.83. The van der Waals surface area contributed by atoms with E-state index in [9.17, 15) is 9.90 Å². The second kappa shape index (κ2) is 10.5. The molecular formula is C37H32N4O3+4. The van der Waals surface area contributed by atoms with Gasteiger partial charge in [-0.15, -0.1) is 0 Å². The van der Waals surface area contributed by atoms with Crippen molar-refractivity contribution in [3.63, 3.8) is 0 Å². The molecule has 0 fully saturated rings. The molecule has 1 aliphatic heterocycles. The largest absolute Gasteiger partial charge is 0.507 e. The van der Waals surface area contributed by atoms with Gasteiger partial charge in [-0.2, -0.15) is 0 Å². The van der Waals surface area contributed by atoms with Crippen LogP contribution in [0.5, 0.6) is 5.75 Å². The van der Waals surface area contributed by atoms with Gasteiger partial charge in [0.05, 0.1) is 11.1 Å². The van der Waals surface area contributed by atoms with Gasteiger partial charge in [-0.3, -0.25) is 4.79 Å². The highest BCUT2D eigenvalue weighted by Gasteiger charge is 2.26. The van der Waals surface area contributed by atoms with Crippen molar-refractivity contribution in [2.75, 3.05) is 0 Å². The SMILES string of the molecule is C[n+]1ccc(-c2cc3cc4cc(-c5cc[n+](C)cc5)c(=O)c(-c5cc[n+](C)cc5)c-4oc3c(-c3cc[n+](C)cc3)c2O)cc1. The molecule has 0 spiro atoms. The number of nitrogens with zero attached hydrogens (tertiary/aromatic N) is 4. The summed E-state index contributed by atoms with van der Waals surface area (Å²) in [5, 5.41) is 12.7. The summed E-state index contributed by atoms with van der Waals surface area (Å²) in [6.45, 7) is 0. The highest BCUT2D eigenvalue weighted by Crippen LogP contribution is 2.46. The van der Waals surface area contributed by atoms with Crippen LogP contribution in [0, 0.1) is 0 Å². The monoisotopic (exact) mass is 580 g/mol. The number of phenols is 1. The Morgan fingerprint density at radius 2 is 0.955 bits per heavy atom. The van der Waals surface area contributed by atoms with Gasteiger partial charge in [0, 0.05) is 81.7 Å².